The van der Waals surface area contributed by atoms with E-state index in [4.69, 9.17) is 20.4 Å². The number of nitrogens with two attached hydrogens (primary N) is 1. The number of benzene rings is 1. The summed E-state index contributed by atoms with van der Waals surface area (Å²) >= 11 is 0. The van der Waals surface area contributed by atoms with Gasteiger partial charge in [-0.05, 0) is 25.1 Å². The highest BCUT2D eigenvalue weighted by atomic mass is 16.5. The second-order valence-corrected chi connectivity index (χ2v) is 4.63. The molecule has 1 amide bonds. The van der Waals surface area contributed by atoms with Gasteiger partial charge in [0.25, 0.3) is 5.91 Å². The Bertz CT molecular complexity index is 531. The molecule has 1 unspecified atom stereocenters. The SMILES string of the molecule is COc1ccc(C(=O)N(C)C(C)CC(N)=NO)cc1OC. The summed E-state index contributed by atoms with van der Waals surface area (Å²) in [6.07, 6.45) is 0.284. The van der Waals surface area contributed by atoms with Crippen molar-refractivity contribution in [3.63, 3.8) is 0 Å². The molecule has 1 aromatic carbocycles. The molecule has 0 aliphatic carbocycles. The maximum absolute atomic E-state index is 12.4. The van der Waals surface area contributed by atoms with Crippen LogP contribution in [-0.4, -0.2) is 49.2 Å². The number of hydrogen-bond acceptors (Lipinski definition) is 5. The monoisotopic (exact) mass is 295 g/mol. The van der Waals surface area contributed by atoms with Crippen molar-refractivity contribution in [2.24, 2.45) is 10.9 Å². The number of oxime groups is 1. The van der Waals surface area contributed by atoms with Crippen molar-refractivity contribution >= 4 is 11.7 Å². The molecule has 3 N–H and O–H groups in total. The van der Waals surface area contributed by atoms with E-state index in [-0.39, 0.29) is 24.2 Å². The number of hydrogen-bond donors (Lipinski definition) is 2. The van der Waals surface area contributed by atoms with E-state index in [1.54, 1.807) is 25.2 Å². The molecule has 21 heavy (non-hydrogen) atoms. The van der Waals surface area contributed by atoms with Gasteiger partial charge < -0.3 is 25.3 Å². The van der Waals surface area contributed by atoms with Crippen LogP contribution in [0, 0.1) is 0 Å². The van der Waals surface area contributed by atoms with Crippen molar-refractivity contribution in [1.82, 2.24) is 4.90 Å². The van der Waals surface area contributed by atoms with Crippen LogP contribution in [-0.2, 0) is 0 Å². The van der Waals surface area contributed by atoms with Gasteiger partial charge in [0.15, 0.2) is 11.5 Å². The molecule has 1 aromatic rings. The quantitative estimate of drug-likeness (QED) is 0.357. The van der Waals surface area contributed by atoms with Gasteiger partial charge in [-0.3, -0.25) is 4.79 Å². The van der Waals surface area contributed by atoms with Crippen LogP contribution in [0.25, 0.3) is 0 Å². The average Bonchev–Trinajstić information content (AvgIpc) is 2.52. The predicted molar refractivity (Wildman–Crippen MR) is 79.1 cm³/mol. The number of ether oxygens (including phenoxy) is 2. The molecule has 0 aromatic heterocycles. The van der Waals surface area contributed by atoms with Crippen molar-refractivity contribution in [3.8, 4) is 11.5 Å². The van der Waals surface area contributed by atoms with E-state index >= 15 is 0 Å². The molecule has 0 fully saturated rings. The standard InChI is InChI=1S/C14H21N3O4/c1-9(7-13(15)16-19)17(2)14(18)10-5-6-11(20-3)12(8-10)21-4/h5-6,8-9,19H,7H2,1-4H3,(H2,15,16). The lowest BCUT2D eigenvalue weighted by Crippen LogP contribution is -2.37. The zero-order valence-electron chi connectivity index (χ0n) is 12.7. The first-order valence-electron chi connectivity index (χ1n) is 6.40. The Balaban J connectivity index is 2.92. The molecule has 0 spiro atoms. The minimum Gasteiger partial charge on any atom is -0.493 e. The highest BCUT2D eigenvalue weighted by Crippen LogP contribution is 2.28. The molecule has 0 aliphatic rings. The number of methoxy groups -OCH3 is 2. The van der Waals surface area contributed by atoms with Gasteiger partial charge in [0.05, 0.1) is 14.2 Å². The van der Waals surface area contributed by atoms with Gasteiger partial charge in [-0.2, -0.15) is 0 Å². The maximum Gasteiger partial charge on any atom is 0.253 e. The summed E-state index contributed by atoms with van der Waals surface area (Å²) in [7, 11) is 4.70. The van der Waals surface area contributed by atoms with Gasteiger partial charge in [0.1, 0.15) is 5.84 Å². The summed E-state index contributed by atoms with van der Waals surface area (Å²) < 4.78 is 10.3. The van der Waals surface area contributed by atoms with Crippen molar-refractivity contribution in [2.75, 3.05) is 21.3 Å². The highest BCUT2D eigenvalue weighted by molar-refractivity contribution is 5.95. The third-order valence-electron chi connectivity index (χ3n) is 3.24. The fourth-order valence-electron chi connectivity index (χ4n) is 1.85. The van der Waals surface area contributed by atoms with Crippen LogP contribution < -0.4 is 15.2 Å². The first kappa shape index (κ1) is 16.6. The fraction of sp³-hybridized carbons (Fsp3) is 0.429. The van der Waals surface area contributed by atoms with Gasteiger partial charge in [0, 0.05) is 25.1 Å². The molecule has 1 atom stereocenters. The predicted octanol–water partition coefficient (Wildman–Crippen LogP) is 1.30. The van der Waals surface area contributed by atoms with Crippen LogP contribution in [0.1, 0.15) is 23.7 Å². The van der Waals surface area contributed by atoms with Gasteiger partial charge in [-0.1, -0.05) is 5.16 Å². The van der Waals surface area contributed by atoms with E-state index in [9.17, 15) is 4.79 Å². The molecule has 0 radical (unpaired) electrons. The zero-order valence-corrected chi connectivity index (χ0v) is 12.7. The maximum atomic E-state index is 12.4. The fourth-order valence-corrected chi connectivity index (χ4v) is 1.85. The lowest BCUT2D eigenvalue weighted by Gasteiger charge is -2.24. The summed E-state index contributed by atoms with van der Waals surface area (Å²) in [5.74, 6) is 0.936. The Labute approximate surface area is 123 Å². The second-order valence-electron chi connectivity index (χ2n) is 4.63. The smallest absolute Gasteiger partial charge is 0.253 e. The third-order valence-corrected chi connectivity index (χ3v) is 3.24. The van der Waals surface area contributed by atoms with Crippen LogP contribution in [0.4, 0.5) is 0 Å². The molecule has 1 rings (SSSR count). The Morgan fingerprint density at radius 2 is 2.00 bits per heavy atom. The lowest BCUT2D eigenvalue weighted by molar-refractivity contribution is 0.0746. The van der Waals surface area contributed by atoms with Crippen LogP contribution in [0.2, 0.25) is 0 Å². The third kappa shape index (κ3) is 4.01. The minimum absolute atomic E-state index is 0.0782. The van der Waals surface area contributed by atoms with Crippen LogP contribution in [0.15, 0.2) is 23.4 Å². The topological polar surface area (TPSA) is 97.4 Å². The summed E-state index contributed by atoms with van der Waals surface area (Å²) in [5.41, 5.74) is 5.93. The van der Waals surface area contributed by atoms with Crippen LogP contribution >= 0.6 is 0 Å². The summed E-state index contributed by atoms with van der Waals surface area (Å²) in [4.78, 5) is 13.9. The Morgan fingerprint density at radius 3 is 2.52 bits per heavy atom. The van der Waals surface area contributed by atoms with Gasteiger partial charge in [-0.25, -0.2) is 0 Å². The zero-order chi connectivity index (χ0) is 16.0. The Morgan fingerprint density at radius 1 is 1.38 bits per heavy atom. The van der Waals surface area contributed by atoms with Crippen molar-refractivity contribution in [1.29, 1.82) is 0 Å². The minimum atomic E-state index is -0.207. The first-order chi connectivity index (χ1) is 9.94. The highest BCUT2D eigenvalue weighted by Gasteiger charge is 2.20. The van der Waals surface area contributed by atoms with Gasteiger partial charge in [-0.15, -0.1) is 0 Å². The molecule has 0 saturated carbocycles. The lowest BCUT2D eigenvalue weighted by atomic mass is 10.1. The van der Waals surface area contributed by atoms with Gasteiger partial charge >= 0.3 is 0 Å². The van der Waals surface area contributed by atoms with E-state index in [0.717, 1.165) is 0 Å². The molecule has 0 bridgehead atoms. The largest absolute Gasteiger partial charge is 0.493 e. The Kier molecular flexibility index (Phi) is 5.83. The molecule has 0 aliphatic heterocycles. The summed E-state index contributed by atoms with van der Waals surface area (Å²) in [6, 6.07) is 4.75. The molecular formula is C14H21N3O4. The van der Waals surface area contributed by atoms with Crippen molar-refractivity contribution < 1.29 is 19.5 Å². The second kappa shape index (κ2) is 7.37. The molecule has 0 saturated heterocycles. The molecular weight excluding hydrogens is 274 g/mol. The molecule has 0 heterocycles. The van der Waals surface area contributed by atoms with Gasteiger partial charge in [0.2, 0.25) is 0 Å². The van der Waals surface area contributed by atoms with Crippen molar-refractivity contribution in [2.45, 2.75) is 19.4 Å². The number of amidine groups is 1. The number of nitrogens with zero attached hydrogens (tertiary/aromatic N) is 2. The molecule has 7 nitrogen and oxygen atoms in total. The van der Waals surface area contributed by atoms with E-state index in [0.29, 0.717) is 17.1 Å². The summed E-state index contributed by atoms with van der Waals surface area (Å²) in [6.45, 7) is 1.82. The summed E-state index contributed by atoms with van der Waals surface area (Å²) in [5, 5.41) is 11.5. The van der Waals surface area contributed by atoms with E-state index in [2.05, 4.69) is 5.16 Å². The van der Waals surface area contributed by atoms with E-state index in [1.165, 1.54) is 19.1 Å². The van der Waals surface area contributed by atoms with E-state index < -0.39 is 0 Å². The first-order valence-corrected chi connectivity index (χ1v) is 6.40. The van der Waals surface area contributed by atoms with E-state index in [1.807, 2.05) is 6.92 Å². The Hall–Kier alpha value is -2.44. The normalized spacial score (nSPS) is 12.7. The van der Waals surface area contributed by atoms with Crippen LogP contribution in [0.5, 0.6) is 11.5 Å². The number of amides is 1. The molecule has 116 valence electrons. The average molecular weight is 295 g/mol. The number of carbonyl (C=O) groups is 1. The van der Waals surface area contributed by atoms with Crippen molar-refractivity contribution in [3.05, 3.63) is 23.8 Å². The number of rotatable bonds is 6. The number of carbonyl (C=O) groups excluding carboxylic acids is 1. The van der Waals surface area contributed by atoms with Crippen LogP contribution in [0.3, 0.4) is 0 Å². The molecule has 7 heteroatoms.